The molecule has 0 aliphatic carbocycles. The molecule has 1 atom stereocenters. The summed E-state index contributed by atoms with van der Waals surface area (Å²) in [5.74, 6) is 0.635. The van der Waals surface area contributed by atoms with Gasteiger partial charge >= 0.3 is 0 Å². The second-order valence-corrected chi connectivity index (χ2v) is 4.14. The normalized spacial score (nSPS) is 14.7. The number of amides is 1. The molecule has 1 amide bonds. The maximum atomic E-state index is 11.4. The molecule has 1 aromatic heterocycles. The largest absolute Gasteiger partial charge is 0.368 e. The second kappa shape index (κ2) is 5.12. The number of rotatable bonds is 6. The number of nitrogens with one attached hydrogen (secondary N) is 1. The van der Waals surface area contributed by atoms with Crippen molar-refractivity contribution < 1.29 is 4.79 Å². The van der Waals surface area contributed by atoms with Crippen LogP contribution >= 0.6 is 0 Å². The molecule has 90 valence electrons. The third kappa shape index (κ3) is 2.82. The average molecular weight is 224 g/mol. The summed E-state index contributed by atoms with van der Waals surface area (Å²) in [6.07, 6.45) is 4.32. The van der Waals surface area contributed by atoms with Crippen LogP contribution in [0.2, 0.25) is 0 Å². The Morgan fingerprint density at radius 1 is 1.69 bits per heavy atom. The molecule has 3 N–H and O–H groups in total. The van der Waals surface area contributed by atoms with Gasteiger partial charge in [-0.25, -0.2) is 4.98 Å². The van der Waals surface area contributed by atoms with Gasteiger partial charge in [-0.05, 0) is 26.8 Å². The number of imidazole rings is 1. The minimum atomic E-state index is -0.647. The number of nitrogens with zero attached hydrogens (tertiary/aromatic N) is 2. The van der Waals surface area contributed by atoms with Crippen LogP contribution in [0.3, 0.4) is 0 Å². The molecule has 0 fully saturated rings. The van der Waals surface area contributed by atoms with Gasteiger partial charge in [-0.15, -0.1) is 0 Å². The van der Waals surface area contributed by atoms with Crippen LogP contribution in [0.1, 0.15) is 26.1 Å². The minimum absolute atomic E-state index is 0.313. The number of hydrogen-bond donors (Lipinski definition) is 2. The summed E-state index contributed by atoms with van der Waals surface area (Å²) in [6.45, 7) is 7.20. The van der Waals surface area contributed by atoms with E-state index in [9.17, 15) is 4.79 Å². The third-order valence-electron chi connectivity index (χ3n) is 2.89. The van der Waals surface area contributed by atoms with Crippen molar-refractivity contribution in [1.29, 1.82) is 0 Å². The summed E-state index contributed by atoms with van der Waals surface area (Å²) in [4.78, 5) is 15.5. The van der Waals surface area contributed by atoms with Crippen molar-refractivity contribution in [1.82, 2.24) is 14.9 Å². The molecule has 0 saturated carbocycles. The molecule has 0 spiro atoms. The Labute approximate surface area is 96.0 Å². The van der Waals surface area contributed by atoms with Crippen LogP contribution in [0.4, 0.5) is 0 Å². The lowest BCUT2D eigenvalue weighted by Gasteiger charge is -2.27. The van der Waals surface area contributed by atoms with Crippen molar-refractivity contribution in [2.75, 3.05) is 6.54 Å². The number of aromatic nitrogens is 2. The summed E-state index contributed by atoms with van der Waals surface area (Å²) in [6, 6.07) is 0. The first kappa shape index (κ1) is 12.7. The van der Waals surface area contributed by atoms with Gasteiger partial charge in [0.1, 0.15) is 5.82 Å². The predicted molar refractivity (Wildman–Crippen MR) is 62.9 cm³/mol. The Kier molecular flexibility index (Phi) is 4.06. The highest BCUT2D eigenvalue weighted by Gasteiger charge is 2.29. The number of hydrogen-bond acceptors (Lipinski definition) is 3. The van der Waals surface area contributed by atoms with E-state index in [1.165, 1.54) is 0 Å². The van der Waals surface area contributed by atoms with E-state index in [2.05, 4.69) is 10.3 Å². The van der Waals surface area contributed by atoms with Crippen molar-refractivity contribution in [3.8, 4) is 0 Å². The number of carbonyl (C=O) groups excluding carboxylic acids is 1. The maximum Gasteiger partial charge on any atom is 0.237 e. The van der Waals surface area contributed by atoms with Crippen LogP contribution in [0.5, 0.6) is 0 Å². The fraction of sp³-hybridized carbons (Fsp3) is 0.636. The van der Waals surface area contributed by atoms with E-state index in [0.717, 1.165) is 18.9 Å². The number of aryl methyl sites for hydroxylation is 2. The van der Waals surface area contributed by atoms with Crippen molar-refractivity contribution in [2.24, 2.45) is 5.73 Å². The van der Waals surface area contributed by atoms with Gasteiger partial charge in [-0.3, -0.25) is 4.79 Å². The number of carbonyl (C=O) groups is 1. The van der Waals surface area contributed by atoms with Crippen molar-refractivity contribution in [3.05, 3.63) is 18.2 Å². The Morgan fingerprint density at radius 2 is 2.38 bits per heavy atom. The van der Waals surface area contributed by atoms with Crippen LogP contribution < -0.4 is 11.1 Å². The van der Waals surface area contributed by atoms with E-state index < -0.39 is 5.54 Å². The molecule has 1 heterocycles. The second-order valence-electron chi connectivity index (χ2n) is 4.14. The van der Waals surface area contributed by atoms with Gasteiger partial charge in [0.05, 0.1) is 5.54 Å². The van der Waals surface area contributed by atoms with Crippen molar-refractivity contribution in [2.45, 2.75) is 39.3 Å². The molecule has 16 heavy (non-hydrogen) atoms. The van der Waals surface area contributed by atoms with Crippen LogP contribution in [0.25, 0.3) is 0 Å². The maximum absolute atomic E-state index is 11.4. The molecule has 5 heteroatoms. The molecule has 5 nitrogen and oxygen atoms in total. The Balaban J connectivity index is 2.64. The highest BCUT2D eigenvalue weighted by atomic mass is 16.1. The molecule has 0 saturated heterocycles. The quantitative estimate of drug-likeness (QED) is 0.736. The zero-order chi connectivity index (χ0) is 12.2. The van der Waals surface area contributed by atoms with Crippen molar-refractivity contribution >= 4 is 5.91 Å². The van der Waals surface area contributed by atoms with Gasteiger partial charge in [-0.2, -0.15) is 0 Å². The first-order valence-corrected chi connectivity index (χ1v) is 5.52. The lowest BCUT2D eigenvalue weighted by atomic mass is 9.97. The molecule has 0 aromatic carbocycles. The summed E-state index contributed by atoms with van der Waals surface area (Å²) in [5.41, 5.74) is 4.76. The molecule has 0 aliphatic heterocycles. The molecular weight excluding hydrogens is 204 g/mol. The molecule has 0 aliphatic rings. The van der Waals surface area contributed by atoms with Crippen LogP contribution in [0.15, 0.2) is 12.4 Å². The Bertz CT molecular complexity index is 361. The van der Waals surface area contributed by atoms with E-state index >= 15 is 0 Å². The molecule has 1 rings (SSSR count). The van der Waals surface area contributed by atoms with E-state index in [1.807, 2.05) is 31.5 Å². The smallest absolute Gasteiger partial charge is 0.237 e. The zero-order valence-electron chi connectivity index (χ0n) is 10.2. The first-order chi connectivity index (χ1) is 7.49. The first-order valence-electron chi connectivity index (χ1n) is 5.52. The van der Waals surface area contributed by atoms with E-state index in [4.69, 9.17) is 5.73 Å². The van der Waals surface area contributed by atoms with Gasteiger partial charge in [-0.1, -0.05) is 6.92 Å². The van der Waals surface area contributed by atoms with Crippen LogP contribution in [-0.4, -0.2) is 27.5 Å². The summed E-state index contributed by atoms with van der Waals surface area (Å²) < 4.78 is 2.01. The van der Waals surface area contributed by atoms with Gasteiger partial charge in [0.2, 0.25) is 5.91 Å². The standard InChI is InChI=1S/C11H20N4O/c1-4-14-11(3,10(12)16)5-7-15-8-6-13-9(15)2/h6,8,14H,4-5,7H2,1-3H3,(H2,12,16). The minimum Gasteiger partial charge on any atom is -0.368 e. The highest BCUT2D eigenvalue weighted by Crippen LogP contribution is 2.11. The predicted octanol–water partition coefficient (Wildman–Crippen LogP) is 0.435. The van der Waals surface area contributed by atoms with Gasteiger partial charge in [0.25, 0.3) is 0 Å². The molecule has 0 radical (unpaired) electrons. The Hall–Kier alpha value is -1.36. The lowest BCUT2D eigenvalue weighted by Crippen LogP contribution is -2.53. The molecule has 1 aromatic rings. The van der Waals surface area contributed by atoms with E-state index in [-0.39, 0.29) is 5.91 Å². The SMILES string of the molecule is CCNC(C)(CCn1ccnc1C)C(N)=O. The number of likely N-dealkylation sites (N-methyl/N-ethyl adjacent to an activating group) is 1. The van der Waals surface area contributed by atoms with Crippen LogP contribution in [-0.2, 0) is 11.3 Å². The van der Waals surface area contributed by atoms with E-state index in [1.54, 1.807) is 6.20 Å². The summed E-state index contributed by atoms with van der Waals surface area (Å²) in [7, 11) is 0. The van der Waals surface area contributed by atoms with Gasteiger partial charge < -0.3 is 15.6 Å². The van der Waals surface area contributed by atoms with Gasteiger partial charge in [0, 0.05) is 18.9 Å². The lowest BCUT2D eigenvalue weighted by molar-refractivity contribution is -0.124. The summed E-state index contributed by atoms with van der Waals surface area (Å²) in [5, 5.41) is 3.13. The summed E-state index contributed by atoms with van der Waals surface area (Å²) >= 11 is 0. The third-order valence-corrected chi connectivity index (χ3v) is 2.89. The Morgan fingerprint density at radius 3 is 2.81 bits per heavy atom. The molecule has 0 bridgehead atoms. The number of nitrogens with two attached hydrogens (primary N) is 1. The number of primary amides is 1. The topological polar surface area (TPSA) is 72.9 Å². The van der Waals surface area contributed by atoms with E-state index in [0.29, 0.717) is 6.42 Å². The van der Waals surface area contributed by atoms with Crippen molar-refractivity contribution in [3.63, 3.8) is 0 Å². The molecule has 1 unspecified atom stereocenters. The van der Waals surface area contributed by atoms with Crippen LogP contribution in [0, 0.1) is 6.92 Å². The monoisotopic (exact) mass is 224 g/mol. The average Bonchev–Trinajstić information content (AvgIpc) is 2.61. The fourth-order valence-corrected chi connectivity index (χ4v) is 1.67. The molecular formula is C11H20N4O. The highest BCUT2D eigenvalue weighted by molar-refractivity contribution is 5.84. The van der Waals surface area contributed by atoms with Gasteiger partial charge in [0.15, 0.2) is 0 Å². The fourth-order valence-electron chi connectivity index (χ4n) is 1.67. The zero-order valence-corrected chi connectivity index (χ0v) is 10.2.